The maximum Gasteiger partial charge on any atom is 0.0577 e. The lowest BCUT2D eigenvalue weighted by molar-refractivity contribution is 0.803. The van der Waals surface area contributed by atoms with Crippen LogP contribution in [0.25, 0.3) is 218 Å². The molecule has 3 aromatic heterocycles. The lowest BCUT2D eigenvalue weighted by Crippen LogP contribution is -1.97. The molecule has 148 heavy (non-hydrogen) atoms. The van der Waals surface area contributed by atoms with Crippen LogP contribution in [-0.4, -0.2) is 13.7 Å². The number of aromatic nitrogens is 3. The second-order valence-electron chi connectivity index (χ2n) is 35.1. The molecule has 5 aliphatic rings. The second-order valence-corrected chi connectivity index (χ2v) is 35.1. The molecule has 0 saturated carbocycles. The summed E-state index contributed by atoms with van der Waals surface area (Å²) in [5, 5.41) is 33.0. The van der Waals surface area contributed by atoms with Gasteiger partial charge >= 0.3 is 0 Å². The smallest absolute Gasteiger partial charge is 0.0577 e. The fraction of sp³-hybridized carbons (Fsp3) is 0.255. The van der Waals surface area contributed by atoms with E-state index in [2.05, 4.69) is 393 Å². The highest BCUT2D eigenvalue weighted by atomic mass is 15.0. The normalized spacial score (nSPS) is 11.9. The van der Waals surface area contributed by atoms with Crippen molar-refractivity contribution in [3.8, 4) is 55.6 Å². The van der Waals surface area contributed by atoms with Crippen molar-refractivity contribution in [3.63, 3.8) is 0 Å². The Labute approximate surface area is 884 Å². The fourth-order valence-corrected chi connectivity index (χ4v) is 24.3. The van der Waals surface area contributed by atoms with Crippen LogP contribution in [0.4, 0.5) is 0 Å². The fourth-order valence-electron chi connectivity index (χ4n) is 24.3. The molecule has 3 heteroatoms. The standard InChI is InChI=1S/C33H23N.C30H22.2C29H21N.12C2H6/c1-2-34-29-18-10-9-17-26(29)32-31-28(23-14-6-8-16-25(23)33(32)34)19-27-22-13-4-3-11-20(22)21-12-5-7-15-24(21)30(27)31;1-2-21-22-11-5-8-14-25(22)30-28(21)24-13-7-6-12-23(24)27-17-20-15-18-9-3-4-10-19(18)16-26(20)29(27)30;1-2-30-25-14-8-7-13-23(25)28-27-24(21-11-5-6-12-22(21)29(28)30)17-19-16-15-18-9-3-4-10-20(18)26(19)27;1-2-30-25-13-11-18-7-5-6-10-23(18)28(25)29-26(30)14-12-21-16-22-15-19-8-3-4-9-20(19)17-24(22)27(21)29;12*1-2/h3-18H,2,19H2,1H3;3-16,21H,2,17H2,1H3;3-16H,2,17H2,1H3;3-15,17H,2,16H2,1H3;12*1-2H3. The van der Waals surface area contributed by atoms with E-state index in [1.54, 1.807) is 5.56 Å². The Morgan fingerprint density at radius 2 is 0.514 bits per heavy atom. The molecular formula is C145H159N3. The van der Waals surface area contributed by atoms with Gasteiger partial charge in [0.25, 0.3) is 0 Å². The van der Waals surface area contributed by atoms with Gasteiger partial charge in [-0.15, -0.1) is 0 Å². The monoisotopic (exact) mass is 1940 g/mol. The number of aryl methyl sites for hydroxylation is 3. The maximum absolute atomic E-state index is 2.52. The lowest BCUT2D eigenvalue weighted by atomic mass is 9.85. The summed E-state index contributed by atoms with van der Waals surface area (Å²) in [6.07, 6.45) is 5.18. The predicted octanol–water partition coefficient (Wildman–Crippen LogP) is 44.6. The van der Waals surface area contributed by atoms with Gasteiger partial charge in [-0.3, -0.25) is 0 Å². The highest BCUT2D eigenvalue weighted by molar-refractivity contribution is 6.32. The Morgan fingerprint density at radius 1 is 0.189 bits per heavy atom. The van der Waals surface area contributed by atoms with Crippen molar-refractivity contribution < 1.29 is 0 Å². The molecular weight excluding hydrogens is 1780 g/mol. The van der Waals surface area contributed by atoms with Crippen molar-refractivity contribution in [2.75, 3.05) is 0 Å². The maximum atomic E-state index is 2.52. The van der Waals surface area contributed by atoms with Gasteiger partial charge in [-0.2, -0.15) is 0 Å². The Hall–Kier alpha value is -14.6. The number of benzene rings is 21. The van der Waals surface area contributed by atoms with Gasteiger partial charge in [0.15, 0.2) is 0 Å². The highest BCUT2D eigenvalue weighted by Gasteiger charge is 2.38. The molecule has 1 unspecified atom stereocenters. The van der Waals surface area contributed by atoms with Crippen molar-refractivity contribution in [1.29, 1.82) is 0 Å². The minimum atomic E-state index is 0.482. The zero-order valence-electron chi connectivity index (χ0n) is 94.1. The largest absolute Gasteiger partial charge is 0.341 e. The summed E-state index contributed by atoms with van der Waals surface area (Å²) >= 11 is 0. The van der Waals surface area contributed by atoms with Crippen LogP contribution in [0.1, 0.15) is 262 Å². The van der Waals surface area contributed by atoms with Crippen LogP contribution in [-0.2, 0) is 45.3 Å². The minimum absolute atomic E-state index is 0.482. The zero-order valence-corrected chi connectivity index (χ0v) is 94.1. The molecule has 24 aromatic rings. The first-order chi connectivity index (χ1) is 73.4. The second kappa shape index (κ2) is 50.2. The van der Waals surface area contributed by atoms with E-state index in [1.165, 1.54) is 268 Å². The first-order valence-electron chi connectivity index (χ1n) is 56.9. The van der Waals surface area contributed by atoms with E-state index in [0.29, 0.717) is 5.92 Å². The number of para-hydroxylation sites is 2. The molecule has 0 saturated heterocycles. The molecule has 29 rings (SSSR count). The molecule has 1 atom stereocenters. The molecule has 0 bridgehead atoms. The Kier molecular flexibility index (Phi) is 37.0. The Bertz CT molecular complexity index is 8810. The van der Waals surface area contributed by atoms with Crippen LogP contribution in [0, 0.1) is 0 Å². The number of hydrogen-bond donors (Lipinski definition) is 0. The third-order valence-corrected chi connectivity index (χ3v) is 29.2. The summed E-state index contributed by atoms with van der Waals surface area (Å²) in [5.74, 6) is 0.482. The van der Waals surface area contributed by atoms with E-state index in [-0.39, 0.29) is 0 Å². The molecule has 3 nitrogen and oxygen atoms in total. The average Bonchev–Trinajstić information content (AvgIpc) is 1.54. The van der Waals surface area contributed by atoms with Crippen LogP contribution < -0.4 is 0 Å². The van der Waals surface area contributed by atoms with Crippen LogP contribution in [0.5, 0.6) is 0 Å². The number of nitrogens with zero attached hydrogens (tertiary/aromatic N) is 3. The first kappa shape index (κ1) is 109. The zero-order chi connectivity index (χ0) is 106. The van der Waals surface area contributed by atoms with Gasteiger partial charge in [0.2, 0.25) is 0 Å². The van der Waals surface area contributed by atoms with Gasteiger partial charge in [0.1, 0.15) is 0 Å². The van der Waals surface area contributed by atoms with Crippen molar-refractivity contribution in [3.05, 3.63) is 407 Å². The van der Waals surface area contributed by atoms with E-state index in [4.69, 9.17) is 0 Å². The van der Waals surface area contributed by atoms with Crippen molar-refractivity contribution in [2.24, 2.45) is 0 Å². The van der Waals surface area contributed by atoms with Gasteiger partial charge < -0.3 is 13.7 Å². The molecule has 21 aromatic carbocycles. The Morgan fingerprint density at radius 3 is 1.02 bits per heavy atom. The van der Waals surface area contributed by atoms with E-state index in [0.717, 1.165) is 51.7 Å². The Balaban J connectivity index is 0.000000146. The van der Waals surface area contributed by atoms with Gasteiger partial charge in [-0.05, 0) is 287 Å². The average molecular weight is 1940 g/mol. The predicted molar refractivity (Wildman–Crippen MR) is 666 cm³/mol. The molecule has 0 fully saturated rings. The van der Waals surface area contributed by atoms with Crippen LogP contribution in [0.2, 0.25) is 0 Å². The van der Waals surface area contributed by atoms with Crippen LogP contribution in [0.15, 0.2) is 352 Å². The van der Waals surface area contributed by atoms with Gasteiger partial charge in [0.05, 0.1) is 11.0 Å². The molecule has 5 aliphatic carbocycles. The van der Waals surface area contributed by atoms with Crippen molar-refractivity contribution in [1.82, 2.24) is 13.7 Å². The number of rotatable bonds is 4. The number of fused-ring (bicyclic) bond motifs is 48. The van der Waals surface area contributed by atoms with Crippen molar-refractivity contribution in [2.45, 2.75) is 252 Å². The minimum Gasteiger partial charge on any atom is -0.341 e. The topological polar surface area (TPSA) is 14.8 Å². The lowest BCUT2D eigenvalue weighted by Gasteiger charge is -2.18. The molecule has 3 heterocycles. The number of hydrogen-bond acceptors (Lipinski definition) is 0. The molecule has 0 radical (unpaired) electrons. The molecule has 0 aliphatic heterocycles. The summed E-state index contributed by atoms with van der Waals surface area (Å²) in [6, 6.07) is 131. The van der Waals surface area contributed by atoms with Gasteiger partial charge in [-0.25, -0.2) is 0 Å². The SMILES string of the molecule is CC.CC.CC.CC.CC.CC.CC.CC.CC.CC.CC.CC.CCC1c2ccccc2-c2c3c(c4ccccc4c21)Cc1cc2ccccc2cc1-3.CCn1c2ccc3c(c2c2c4ccccc4ccc21)-c1cc2ccccc2cc1C3.CCn1c2ccccc2c2c3c(c4ccccc4c21)Cc1c-3c2ccccc2c2ccccc12.CCn1c2ccccc2c2c3c(c4ccccc4c21)Cc1ccc2ccccc2c1-3. The summed E-state index contributed by atoms with van der Waals surface area (Å²) in [4.78, 5) is 0. The van der Waals surface area contributed by atoms with E-state index < -0.39 is 0 Å². The summed E-state index contributed by atoms with van der Waals surface area (Å²) in [5.41, 5.74) is 37.5. The van der Waals surface area contributed by atoms with Gasteiger partial charge in [-0.1, -0.05) is 489 Å². The molecule has 754 valence electrons. The molecule has 0 N–H and O–H groups in total. The summed E-state index contributed by atoms with van der Waals surface area (Å²) < 4.78 is 7.52. The van der Waals surface area contributed by atoms with E-state index >= 15 is 0 Å². The third kappa shape index (κ3) is 18.4. The van der Waals surface area contributed by atoms with Crippen molar-refractivity contribution >= 4 is 162 Å². The summed E-state index contributed by atoms with van der Waals surface area (Å²) in [7, 11) is 0. The molecule has 0 amide bonds. The van der Waals surface area contributed by atoms with Gasteiger partial charge in [0, 0.05) is 90.7 Å². The quantitative estimate of drug-likeness (QED) is 0.156. The van der Waals surface area contributed by atoms with E-state index in [9.17, 15) is 0 Å². The first-order valence-corrected chi connectivity index (χ1v) is 56.9. The van der Waals surface area contributed by atoms with Crippen LogP contribution in [0.3, 0.4) is 0 Å². The molecule has 0 spiro atoms. The highest BCUT2D eigenvalue weighted by Crippen LogP contribution is 2.60. The third-order valence-electron chi connectivity index (χ3n) is 29.2. The van der Waals surface area contributed by atoms with Crippen LogP contribution >= 0.6 is 0 Å². The summed E-state index contributed by atoms with van der Waals surface area (Å²) in [6.45, 7) is 60.0. The van der Waals surface area contributed by atoms with E-state index in [1.807, 2.05) is 166 Å².